The molecule has 0 saturated heterocycles. The fourth-order valence-electron chi connectivity index (χ4n) is 3.56. The molecule has 204 valence electrons. The number of rotatable bonds is 29. The Labute approximate surface area is 210 Å². The van der Waals surface area contributed by atoms with Gasteiger partial charge in [-0.15, -0.1) is 0 Å². The lowest BCUT2D eigenvalue weighted by atomic mass is 10.1. The summed E-state index contributed by atoms with van der Waals surface area (Å²) in [5.41, 5.74) is 0. The largest absolute Gasteiger partial charge is 0.466 e. The standard InChI is InChI=1S/C28H56O6/c1-3-5-7-9-11-12-14-16-21-34-28(29)18-17-20-31-23-25-33-27-26-32-24-22-30-19-15-13-10-8-6-4-2/h3-27H2,1-2H3. The van der Waals surface area contributed by atoms with E-state index < -0.39 is 0 Å². The van der Waals surface area contributed by atoms with Gasteiger partial charge in [-0.2, -0.15) is 0 Å². The van der Waals surface area contributed by atoms with Crippen LogP contribution in [0.25, 0.3) is 0 Å². The van der Waals surface area contributed by atoms with Gasteiger partial charge in [0.05, 0.1) is 46.2 Å². The molecule has 0 aliphatic rings. The van der Waals surface area contributed by atoms with Gasteiger partial charge in [-0.3, -0.25) is 4.79 Å². The molecule has 0 bridgehead atoms. The maximum absolute atomic E-state index is 11.7. The van der Waals surface area contributed by atoms with Crippen LogP contribution in [-0.4, -0.2) is 65.4 Å². The zero-order valence-electron chi connectivity index (χ0n) is 22.6. The Bertz CT molecular complexity index is 391. The van der Waals surface area contributed by atoms with E-state index in [1.54, 1.807) is 0 Å². The lowest BCUT2D eigenvalue weighted by molar-refractivity contribution is -0.144. The van der Waals surface area contributed by atoms with Crippen LogP contribution in [0.15, 0.2) is 0 Å². The number of hydrogen-bond acceptors (Lipinski definition) is 6. The Morgan fingerprint density at radius 3 is 1.24 bits per heavy atom. The van der Waals surface area contributed by atoms with Crippen LogP contribution in [0.3, 0.4) is 0 Å². The van der Waals surface area contributed by atoms with Gasteiger partial charge >= 0.3 is 5.97 Å². The molecule has 0 aliphatic heterocycles. The predicted molar refractivity (Wildman–Crippen MR) is 139 cm³/mol. The van der Waals surface area contributed by atoms with Gasteiger partial charge in [-0.25, -0.2) is 0 Å². The quantitative estimate of drug-likeness (QED) is 0.0845. The minimum Gasteiger partial charge on any atom is -0.466 e. The summed E-state index contributed by atoms with van der Waals surface area (Å²) in [7, 11) is 0. The number of carbonyl (C=O) groups excluding carboxylic acids is 1. The van der Waals surface area contributed by atoms with Crippen LogP contribution in [0, 0.1) is 0 Å². The Morgan fingerprint density at radius 1 is 0.412 bits per heavy atom. The molecule has 0 heterocycles. The topological polar surface area (TPSA) is 63.2 Å². The number of esters is 1. The summed E-state index contributed by atoms with van der Waals surface area (Å²) in [6, 6.07) is 0. The van der Waals surface area contributed by atoms with Crippen molar-refractivity contribution in [2.24, 2.45) is 0 Å². The van der Waals surface area contributed by atoms with Crippen LogP contribution in [0.1, 0.15) is 117 Å². The zero-order chi connectivity index (χ0) is 24.8. The molecule has 0 rings (SSSR count). The summed E-state index contributed by atoms with van der Waals surface area (Å²) in [5.74, 6) is -0.115. The van der Waals surface area contributed by atoms with Gasteiger partial charge < -0.3 is 23.7 Å². The molecule has 6 nitrogen and oxygen atoms in total. The highest BCUT2D eigenvalue weighted by Gasteiger charge is 2.02. The van der Waals surface area contributed by atoms with Crippen molar-refractivity contribution in [2.75, 3.05) is 59.5 Å². The van der Waals surface area contributed by atoms with Crippen molar-refractivity contribution < 1.29 is 28.5 Å². The van der Waals surface area contributed by atoms with Crippen molar-refractivity contribution in [3.05, 3.63) is 0 Å². The van der Waals surface area contributed by atoms with Crippen LogP contribution < -0.4 is 0 Å². The lowest BCUT2D eigenvalue weighted by Crippen LogP contribution is -2.12. The van der Waals surface area contributed by atoms with Crippen LogP contribution >= 0.6 is 0 Å². The number of ether oxygens (including phenoxy) is 5. The van der Waals surface area contributed by atoms with Gasteiger partial charge in [-0.05, 0) is 19.3 Å². The monoisotopic (exact) mass is 488 g/mol. The molecule has 0 N–H and O–H groups in total. The molecule has 0 unspecified atom stereocenters. The van der Waals surface area contributed by atoms with Crippen molar-refractivity contribution in [3.8, 4) is 0 Å². The summed E-state index contributed by atoms with van der Waals surface area (Å²) >= 11 is 0. The third-order valence-electron chi connectivity index (χ3n) is 5.69. The van der Waals surface area contributed by atoms with E-state index >= 15 is 0 Å². The van der Waals surface area contributed by atoms with Crippen LogP contribution in [0.5, 0.6) is 0 Å². The van der Waals surface area contributed by atoms with Crippen LogP contribution in [-0.2, 0) is 28.5 Å². The van der Waals surface area contributed by atoms with Gasteiger partial charge in [0.2, 0.25) is 0 Å². The lowest BCUT2D eigenvalue weighted by Gasteiger charge is -2.08. The smallest absolute Gasteiger partial charge is 0.305 e. The minimum absolute atomic E-state index is 0.115. The zero-order valence-corrected chi connectivity index (χ0v) is 22.6. The first-order chi connectivity index (χ1) is 16.8. The van der Waals surface area contributed by atoms with Gasteiger partial charge in [0.1, 0.15) is 0 Å². The Kier molecular flexibility index (Phi) is 29.7. The Morgan fingerprint density at radius 2 is 0.765 bits per heavy atom. The highest BCUT2D eigenvalue weighted by Crippen LogP contribution is 2.08. The molecule has 0 aromatic carbocycles. The molecular weight excluding hydrogens is 432 g/mol. The number of unbranched alkanes of at least 4 members (excludes halogenated alkanes) is 12. The van der Waals surface area contributed by atoms with E-state index in [2.05, 4.69) is 13.8 Å². The van der Waals surface area contributed by atoms with Gasteiger partial charge in [-0.1, -0.05) is 90.9 Å². The highest BCUT2D eigenvalue weighted by atomic mass is 16.6. The number of hydrogen-bond donors (Lipinski definition) is 0. The van der Waals surface area contributed by atoms with Crippen molar-refractivity contribution >= 4 is 5.97 Å². The van der Waals surface area contributed by atoms with Crippen molar-refractivity contribution in [1.29, 1.82) is 0 Å². The van der Waals surface area contributed by atoms with Crippen molar-refractivity contribution in [1.82, 2.24) is 0 Å². The molecule has 0 fully saturated rings. The maximum atomic E-state index is 11.7. The molecule has 0 spiro atoms. The van der Waals surface area contributed by atoms with Gasteiger partial charge in [0.25, 0.3) is 0 Å². The van der Waals surface area contributed by atoms with E-state index in [4.69, 9.17) is 23.7 Å². The van der Waals surface area contributed by atoms with E-state index in [-0.39, 0.29) is 5.97 Å². The predicted octanol–water partition coefficient (Wildman–Crippen LogP) is 6.88. The fourth-order valence-corrected chi connectivity index (χ4v) is 3.56. The van der Waals surface area contributed by atoms with E-state index in [1.807, 2.05) is 0 Å². The second-order valence-corrected chi connectivity index (χ2v) is 9.02. The number of carbonyl (C=O) groups is 1. The Balaban J connectivity index is 3.12. The van der Waals surface area contributed by atoms with Gasteiger partial charge in [0, 0.05) is 19.6 Å². The average Bonchev–Trinajstić information content (AvgIpc) is 2.84. The van der Waals surface area contributed by atoms with Crippen molar-refractivity contribution in [3.63, 3.8) is 0 Å². The van der Waals surface area contributed by atoms with E-state index in [9.17, 15) is 4.79 Å². The SMILES string of the molecule is CCCCCCCCCCOC(=O)CCCOCCOCCOCCOCCCCCCCC. The second kappa shape index (κ2) is 30.3. The summed E-state index contributed by atoms with van der Waals surface area (Å²) < 4.78 is 27.3. The molecule has 0 amide bonds. The highest BCUT2D eigenvalue weighted by molar-refractivity contribution is 5.69. The van der Waals surface area contributed by atoms with E-state index in [0.29, 0.717) is 65.7 Å². The summed E-state index contributed by atoms with van der Waals surface area (Å²) in [4.78, 5) is 11.7. The molecule has 0 saturated carbocycles. The fraction of sp³-hybridized carbons (Fsp3) is 0.964. The second-order valence-electron chi connectivity index (χ2n) is 9.02. The molecule has 0 aliphatic carbocycles. The summed E-state index contributed by atoms with van der Waals surface area (Å²) in [6.07, 6.45) is 18.8. The first kappa shape index (κ1) is 33.3. The van der Waals surface area contributed by atoms with Crippen LogP contribution in [0.4, 0.5) is 0 Å². The normalized spacial score (nSPS) is 11.2. The Hall–Kier alpha value is -0.690. The molecule has 0 radical (unpaired) electrons. The molecule has 0 aromatic rings. The maximum Gasteiger partial charge on any atom is 0.305 e. The van der Waals surface area contributed by atoms with Crippen LogP contribution in [0.2, 0.25) is 0 Å². The molecule has 0 atom stereocenters. The third-order valence-corrected chi connectivity index (χ3v) is 5.69. The molecular formula is C28H56O6. The van der Waals surface area contributed by atoms with Crippen molar-refractivity contribution in [2.45, 2.75) is 117 Å². The first-order valence-electron chi connectivity index (χ1n) is 14.3. The third kappa shape index (κ3) is 29.3. The molecule has 0 aromatic heterocycles. The minimum atomic E-state index is -0.115. The van der Waals surface area contributed by atoms with Gasteiger partial charge in [0.15, 0.2) is 0 Å². The first-order valence-corrected chi connectivity index (χ1v) is 14.3. The molecule has 6 heteroatoms. The van der Waals surface area contributed by atoms with E-state index in [0.717, 1.165) is 25.9 Å². The summed E-state index contributed by atoms with van der Waals surface area (Å²) in [5, 5.41) is 0. The molecule has 34 heavy (non-hydrogen) atoms. The summed E-state index contributed by atoms with van der Waals surface area (Å²) in [6.45, 7) is 9.91. The van der Waals surface area contributed by atoms with E-state index in [1.165, 1.54) is 70.6 Å². The average molecular weight is 489 g/mol.